The van der Waals surface area contributed by atoms with Crippen LogP contribution in [0.3, 0.4) is 0 Å². The summed E-state index contributed by atoms with van der Waals surface area (Å²) in [6.45, 7) is 1.82. The highest BCUT2D eigenvalue weighted by atomic mass is 19.1. The van der Waals surface area contributed by atoms with E-state index in [0.29, 0.717) is 5.52 Å². The molecule has 2 rings (SSSR count). The monoisotopic (exact) mass is 265 g/mol. The molecule has 0 aliphatic carbocycles. The molecule has 0 saturated heterocycles. The van der Waals surface area contributed by atoms with Crippen LogP contribution in [0, 0.1) is 5.82 Å². The minimum atomic E-state index is -0.722. The number of hydrogen-bond acceptors (Lipinski definition) is 4. The molecule has 1 N–H and O–H groups in total. The van der Waals surface area contributed by atoms with Gasteiger partial charge in [-0.15, -0.1) is 0 Å². The van der Waals surface area contributed by atoms with Crippen molar-refractivity contribution < 1.29 is 23.5 Å². The van der Waals surface area contributed by atoms with Crippen molar-refractivity contribution in [3.05, 3.63) is 35.3 Å². The Morgan fingerprint density at radius 1 is 1.32 bits per heavy atom. The van der Waals surface area contributed by atoms with Crippen LogP contribution in [0.1, 0.15) is 27.8 Å². The number of benzene rings is 1. The number of hydrogen-bond donors (Lipinski definition) is 1. The zero-order valence-corrected chi connectivity index (χ0v) is 10.5. The largest absolute Gasteiger partial charge is 0.465 e. The first-order valence-electron chi connectivity index (χ1n) is 5.65. The quantitative estimate of drug-likeness (QED) is 0.864. The molecule has 0 bridgehead atoms. The first-order valence-corrected chi connectivity index (χ1v) is 5.65. The van der Waals surface area contributed by atoms with Gasteiger partial charge in [-0.2, -0.15) is 0 Å². The summed E-state index contributed by atoms with van der Waals surface area (Å²) >= 11 is 0. The molecular weight excluding hydrogens is 253 g/mol. The third-order valence-electron chi connectivity index (χ3n) is 2.63. The number of nitrogens with one attached hydrogen (secondary N) is 1. The lowest BCUT2D eigenvalue weighted by atomic mass is 10.1. The van der Waals surface area contributed by atoms with Gasteiger partial charge in [-0.05, 0) is 25.1 Å². The van der Waals surface area contributed by atoms with Crippen LogP contribution in [0.4, 0.5) is 4.39 Å². The van der Waals surface area contributed by atoms with E-state index in [-0.39, 0.29) is 23.3 Å². The van der Waals surface area contributed by atoms with Crippen molar-refractivity contribution >= 4 is 22.8 Å². The maximum Gasteiger partial charge on any atom is 0.355 e. The second-order valence-corrected chi connectivity index (χ2v) is 3.78. The van der Waals surface area contributed by atoms with E-state index in [1.54, 1.807) is 6.92 Å². The highest BCUT2D eigenvalue weighted by Gasteiger charge is 2.24. The Bertz CT molecular complexity index is 647. The molecule has 0 saturated carbocycles. The van der Waals surface area contributed by atoms with E-state index in [1.165, 1.54) is 25.3 Å². The van der Waals surface area contributed by atoms with Gasteiger partial charge in [0, 0.05) is 10.9 Å². The van der Waals surface area contributed by atoms with Gasteiger partial charge in [-0.3, -0.25) is 0 Å². The Hall–Kier alpha value is -2.37. The Morgan fingerprint density at radius 2 is 2.05 bits per heavy atom. The average Bonchev–Trinajstić information content (AvgIpc) is 2.76. The lowest BCUT2D eigenvalue weighted by molar-refractivity contribution is 0.0499. The van der Waals surface area contributed by atoms with E-state index in [9.17, 15) is 14.0 Å². The van der Waals surface area contributed by atoms with Gasteiger partial charge in [0.05, 0.1) is 19.3 Å². The van der Waals surface area contributed by atoms with E-state index < -0.39 is 17.8 Å². The molecule has 2 aromatic rings. The molecule has 0 amide bonds. The van der Waals surface area contributed by atoms with Crippen LogP contribution in [0.15, 0.2) is 18.2 Å². The third kappa shape index (κ3) is 2.29. The summed E-state index contributed by atoms with van der Waals surface area (Å²) in [5, 5.41) is 0.287. The molecule has 5 nitrogen and oxygen atoms in total. The molecule has 0 aliphatic rings. The van der Waals surface area contributed by atoms with Gasteiger partial charge in [0.2, 0.25) is 0 Å². The van der Waals surface area contributed by atoms with Crippen LogP contribution in [-0.2, 0) is 9.47 Å². The van der Waals surface area contributed by atoms with Gasteiger partial charge in [0.1, 0.15) is 11.5 Å². The standard InChI is InChI=1S/C13H12FNO4/c1-3-19-13(17)11-10(12(16)18-2)8-6-7(14)4-5-9(8)15-11/h4-6,15H,3H2,1-2H3. The number of esters is 2. The number of fused-ring (bicyclic) bond motifs is 1. The molecule has 6 heteroatoms. The lowest BCUT2D eigenvalue weighted by Crippen LogP contribution is -2.12. The number of carbonyl (C=O) groups excluding carboxylic acids is 2. The van der Waals surface area contributed by atoms with Crippen LogP contribution < -0.4 is 0 Å². The van der Waals surface area contributed by atoms with E-state index in [0.717, 1.165) is 0 Å². The summed E-state index contributed by atoms with van der Waals surface area (Å²) in [6.07, 6.45) is 0. The second kappa shape index (κ2) is 5.09. The topological polar surface area (TPSA) is 68.4 Å². The van der Waals surface area contributed by atoms with Gasteiger partial charge in [-0.25, -0.2) is 14.0 Å². The average molecular weight is 265 g/mol. The Kier molecular flexibility index (Phi) is 3.50. The first-order chi connectivity index (χ1) is 9.08. The Labute approximate surface area is 108 Å². The van der Waals surface area contributed by atoms with Crippen molar-refractivity contribution in [1.82, 2.24) is 4.98 Å². The van der Waals surface area contributed by atoms with Crippen LogP contribution in [0.5, 0.6) is 0 Å². The van der Waals surface area contributed by atoms with Crippen LogP contribution >= 0.6 is 0 Å². The third-order valence-corrected chi connectivity index (χ3v) is 2.63. The van der Waals surface area contributed by atoms with Crippen LogP contribution in [-0.4, -0.2) is 30.6 Å². The summed E-state index contributed by atoms with van der Waals surface area (Å²) in [7, 11) is 1.19. The van der Waals surface area contributed by atoms with Crippen molar-refractivity contribution in [2.24, 2.45) is 0 Å². The highest BCUT2D eigenvalue weighted by molar-refractivity contribution is 6.12. The normalized spacial score (nSPS) is 10.5. The summed E-state index contributed by atoms with van der Waals surface area (Å²) in [6, 6.07) is 3.84. The van der Waals surface area contributed by atoms with E-state index in [4.69, 9.17) is 4.74 Å². The molecule has 1 aromatic carbocycles. The smallest absolute Gasteiger partial charge is 0.355 e. The van der Waals surface area contributed by atoms with Gasteiger partial charge in [-0.1, -0.05) is 0 Å². The molecule has 1 aromatic heterocycles. The molecule has 0 atom stereocenters. The number of ether oxygens (including phenoxy) is 2. The van der Waals surface area contributed by atoms with Crippen molar-refractivity contribution in [3.8, 4) is 0 Å². The fourth-order valence-electron chi connectivity index (χ4n) is 1.83. The molecule has 19 heavy (non-hydrogen) atoms. The van der Waals surface area contributed by atoms with Gasteiger partial charge in [0.25, 0.3) is 0 Å². The zero-order chi connectivity index (χ0) is 14.0. The summed E-state index contributed by atoms with van der Waals surface area (Å²) in [5.41, 5.74) is 0.412. The molecule has 100 valence electrons. The van der Waals surface area contributed by atoms with E-state index in [1.807, 2.05) is 0 Å². The zero-order valence-electron chi connectivity index (χ0n) is 10.5. The summed E-state index contributed by atoms with van der Waals surface area (Å²) < 4.78 is 22.7. The number of aromatic amines is 1. The number of halogens is 1. The van der Waals surface area contributed by atoms with E-state index in [2.05, 4.69) is 9.72 Å². The minimum Gasteiger partial charge on any atom is -0.465 e. The molecule has 0 unspecified atom stereocenters. The second-order valence-electron chi connectivity index (χ2n) is 3.78. The van der Waals surface area contributed by atoms with Gasteiger partial charge >= 0.3 is 11.9 Å². The van der Waals surface area contributed by atoms with Crippen molar-refractivity contribution in [2.75, 3.05) is 13.7 Å². The van der Waals surface area contributed by atoms with Crippen molar-refractivity contribution in [2.45, 2.75) is 6.92 Å². The van der Waals surface area contributed by atoms with Crippen molar-refractivity contribution in [3.63, 3.8) is 0 Å². The fraction of sp³-hybridized carbons (Fsp3) is 0.231. The molecular formula is C13H12FNO4. The molecule has 0 radical (unpaired) electrons. The summed E-state index contributed by atoms with van der Waals surface area (Å²) in [5.74, 6) is -1.91. The number of methoxy groups -OCH3 is 1. The minimum absolute atomic E-state index is 0.0181. The first kappa shape index (κ1) is 13.1. The number of rotatable bonds is 3. The van der Waals surface area contributed by atoms with Gasteiger partial charge < -0.3 is 14.5 Å². The molecule has 1 heterocycles. The molecule has 0 spiro atoms. The predicted molar refractivity (Wildman–Crippen MR) is 65.6 cm³/mol. The number of H-pyrrole nitrogens is 1. The molecule has 0 fully saturated rings. The fourth-order valence-corrected chi connectivity index (χ4v) is 1.83. The molecule has 0 aliphatic heterocycles. The Balaban J connectivity index is 2.68. The van der Waals surface area contributed by atoms with Crippen molar-refractivity contribution in [1.29, 1.82) is 0 Å². The predicted octanol–water partition coefficient (Wildman–Crippen LogP) is 2.27. The van der Waals surface area contributed by atoms with E-state index >= 15 is 0 Å². The lowest BCUT2D eigenvalue weighted by Gasteiger charge is -2.02. The van der Waals surface area contributed by atoms with Crippen LogP contribution in [0.25, 0.3) is 10.9 Å². The number of carbonyl (C=O) groups is 2. The highest BCUT2D eigenvalue weighted by Crippen LogP contribution is 2.24. The number of aromatic nitrogens is 1. The summed E-state index contributed by atoms with van der Waals surface area (Å²) in [4.78, 5) is 26.3. The van der Waals surface area contributed by atoms with Gasteiger partial charge in [0.15, 0.2) is 0 Å². The Morgan fingerprint density at radius 3 is 2.68 bits per heavy atom. The SMILES string of the molecule is CCOC(=O)c1[nH]c2ccc(F)cc2c1C(=O)OC. The maximum atomic E-state index is 13.3. The van der Waals surface area contributed by atoms with Crippen LogP contribution in [0.2, 0.25) is 0 Å². The maximum absolute atomic E-state index is 13.3.